The topological polar surface area (TPSA) is 138 Å². The number of carbonyl (C=O) groups excluding carboxylic acids is 2. The second-order valence-corrected chi connectivity index (χ2v) is 13.2. The van der Waals surface area contributed by atoms with Crippen LogP contribution >= 0.6 is 0 Å². The summed E-state index contributed by atoms with van der Waals surface area (Å²) in [5, 5.41) is 10.1. The van der Waals surface area contributed by atoms with Crippen LogP contribution in [0.1, 0.15) is 65.7 Å². The fourth-order valence-electron chi connectivity index (χ4n) is 9.72. The van der Waals surface area contributed by atoms with Crippen LogP contribution in [0.15, 0.2) is 0 Å². The maximum Gasteiger partial charge on any atom is 0.397 e. The largest absolute Gasteiger partial charge is 0.481 e. The molecule has 6 rings (SSSR count). The second-order valence-electron chi connectivity index (χ2n) is 12.1. The Hall–Kier alpha value is -1.52. The van der Waals surface area contributed by atoms with E-state index < -0.39 is 40.2 Å². The van der Waals surface area contributed by atoms with Crippen molar-refractivity contribution in [3.63, 3.8) is 0 Å². The number of hydrogen-bond donors (Lipinski definition) is 2. The number of fused-ring (bicyclic) bond motifs is 2. The molecule has 2 bridgehead atoms. The highest BCUT2D eigenvalue weighted by molar-refractivity contribution is 7.80. The Balaban J connectivity index is 1.50. The number of likely N-dealkylation sites (tertiary alicyclic amines) is 1. The van der Waals surface area contributed by atoms with Gasteiger partial charge in [0.1, 0.15) is 0 Å². The van der Waals surface area contributed by atoms with E-state index in [1.807, 2.05) is 6.92 Å². The summed E-state index contributed by atoms with van der Waals surface area (Å²) < 4.78 is 35.1. The van der Waals surface area contributed by atoms with Gasteiger partial charge in [0.05, 0.1) is 30.4 Å². The van der Waals surface area contributed by atoms with E-state index in [1.165, 1.54) is 0 Å². The molecule has 6 aliphatic rings. The van der Waals surface area contributed by atoms with E-state index in [1.54, 1.807) is 0 Å². The molecule has 0 aromatic carbocycles. The van der Waals surface area contributed by atoms with Gasteiger partial charge in [-0.1, -0.05) is 20.3 Å². The zero-order valence-corrected chi connectivity index (χ0v) is 20.8. The van der Waals surface area contributed by atoms with Gasteiger partial charge in [-0.15, -0.1) is 0 Å². The van der Waals surface area contributed by atoms with Gasteiger partial charge in [0.25, 0.3) is 0 Å². The summed E-state index contributed by atoms with van der Waals surface area (Å²) in [7, 11) is -4.65. The molecule has 34 heavy (non-hydrogen) atoms. The Morgan fingerprint density at radius 2 is 1.85 bits per heavy atom. The highest BCUT2D eigenvalue weighted by Gasteiger charge is 2.74. The average molecular weight is 498 g/mol. The lowest BCUT2D eigenvalue weighted by Crippen LogP contribution is -2.67. The third-order valence-corrected chi connectivity index (χ3v) is 11.3. The molecule has 0 aromatic rings. The van der Waals surface area contributed by atoms with Crippen LogP contribution < -0.4 is 0 Å². The van der Waals surface area contributed by atoms with Crippen LogP contribution in [0.5, 0.6) is 0 Å². The molecule has 0 radical (unpaired) electrons. The quantitative estimate of drug-likeness (QED) is 0.437. The van der Waals surface area contributed by atoms with Gasteiger partial charge in [-0.3, -0.25) is 23.8 Å². The third kappa shape index (κ3) is 3.10. The van der Waals surface area contributed by atoms with Crippen molar-refractivity contribution in [3.05, 3.63) is 0 Å². The standard InChI is InChI=1S/C24H35NO8S/c1-13-12-24-8-5-15-22(2,6-4-7-23(15,3)21(28)29)16(24)11-14(13)17-18(24)20(27)25(19(17)26)9-10-33-34(30,31)32/h13-18H,4-12H2,1-3H3,(H,28,29)(H,30,31,32). The number of carbonyl (C=O) groups is 3. The fraction of sp³-hybridized carbons (Fsp3) is 0.875. The Labute approximate surface area is 200 Å². The highest BCUT2D eigenvalue weighted by atomic mass is 32.3. The van der Waals surface area contributed by atoms with Gasteiger partial charge in [-0.05, 0) is 80.0 Å². The molecule has 10 heteroatoms. The summed E-state index contributed by atoms with van der Waals surface area (Å²) in [4.78, 5) is 40.6. The van der Waals surface area contributed by atoms with E-state index in [-0.39, 0.29) is 52.9 Å². The minimum absolute atomic E-state index is 0.0430. The SMILES string of the molecule is CC1CC23CCC4C(C)(C(=O)O)CCCC4(C)C2CC1C1C(=O)N(CCOS(=O)(=O)O)C(=O)C13. The highest BCUT2D eigenvalue weighted by Crippen LogP contribution is 2.75. The predicted molar refractivity (Wildman–Crippen MR) is 119 cm³/mol. The third-order valence-electron chi connectivity index (χ3n) is 10.9. The molecule has 190 valence electrons. The van der Waals surface area contributed by atoms with Crippen LogP contribution in [0.4, 0.5) is 0 Å². The number of rotatable bonds is 5. The van der Waals surface area contributed by atoms with E-state index in [9.17, 15) is 27.9 Å². The molecule has 1 spiro atoms. The van der Waals surface area contributed by atoms with Crippen molar-refractivity contribution >= 4 is 28.2 Å². The van der Waals surface area contributed by atoms with Crippen LogP contribution in [0.25, 0.3) is 0 Å². The van der Waals surface area contributed by atoms with Crippen LogP contribution in [0, 0.1) is 51.8 Å². The molecule has 5 saturated carbocycles. The van der Waals surface area contributed by atoms with E-state index in [0.717, 1.165) is 43.4 Å². The average Bonchev–Trinajstić information content (AvgIpc) is 2.99. The van der Waals surface area contributed by atoms with Crippen molar-refractivity contribution < 1.29 is 36.6 Å². The first kappa shape index (κ1) is 24.2. The first-order valence-electron chi connectivity index (χ1n) is 12.5. The zero-order valence-electron chi connectivity index (χ0n) is 20.0. The molecule has 9 atom stereocenters. The van der Waals surface area contributed by atoms with Crippen molar-refractivity contribution in [2.45, 2.75) is 65.7 Å². The maximum atomic E-state index is 13.7. The molecule has 1 aliphatic heterocycles. The van der Waals surface area contributed by atoms with Gasteiger partial charge in [0, 0.05) is 0 Å². The molecule has 2 N–H and O–H groups in total. The number of carboxylic acid groups (broad SMARTS) is 1. The molecule has 0 aromatic heterocycles. The number of imide groups is 1. The zero-order chi connectivity index (χ0) is 24.8. The Morgan fingerprint density at radius 3 is 2.50 bits per heavy atom. The number of carboxylic acids is 1. The Kier molecular flexibility index (Phi) is 5.33. The Bertz CT molecular complexity index is 1040. The molecule has 9 nitrogen and oxygen atoms in total. The van der Waals surface area contributed by atoms with Gasteiger partial charge in [0.2, 0.25) is 11.8 Å². The summed E-state index contributed by atoms with van der Waals surface area (Å²) in [5.74, 6) is -1.53. The lowest BCUT2D eigenvalue weighted by molar-refractivity contribution is -0.229. The molecule has 9 unspecified atom stereocenters. The number of aliphatic carboxylic acids is 1. The lowest BCUT2D eigenvalue weighted by Gasteiger charge is -2.70. The molecule has 6 fully saturated rings. The van der Waals surface area contributed by atoms with Crippen LogP contribution in [-0.2, 0) is 29.0 Å². The first-order chi connectivity index (χ1) is 15.8. The smallest absolute Gasteiger partial charge is 0.397 e. The number of hydrogen-bond acceptors (Lipinski definition) is 6. The second kappa shape index (κ2) is 7.49. The molecule has 2 amide bonds. The molecule has 1 heterocycles. The number of nitrogens with zero attached hydrogens (tertiary/aromatic N) is 1. The van der Waals surface area contributed by atoms with Gasteiger partial charge < -0.3 is 5.11 Å². The molecular formula is C24H35NO8S. The lowest BCUT2D eigenvalue weighted by atomic mass is 9.33. The van der Waals surface area contributed by atoms with Crippen LogP contribution in [0.3, 0.4) is 0 Å². The summed E-state index contributed by atoms with van der Waals surface area (Å²) in [6.07, 6.45) is 5.65. The van der Waals surface area contributed by atoms with Crippen LogP contribution in [0.2, 0.25) is 0 Å². The predicted octanol–water partition coefficient (Wildman–Crippen LogP) is 2.76. The minimum atomic E-state index is -4.65. The fourth-order valence-corrected chi connectivity index (χ4v) is 10.0. The normalized spacial score (nSPS) is 47.8. The van der Waals surface area contributed by atoms with Gasteiger partial charge in [0.15, 0.2) is 0 Å². The molecular weight excluding hydrogens is 462 g/mol. The van der Waals surface area contributed by atoms with Gasteiger partial charge in [-0.25, -0.2) is 4.18 Å². The maximum absolute atomic E-state index is 13.7. The van der Waals surface area contributed by atoms with Crippen LogP contribution in [-0.4, -0.2) is 53.9 Å². The van der Waals surface area contributed by atoms with Gasteiger partial charge >= 0.3 is 16.4 Å². The van der Waals surface area contributed by atoms with Crippen molar-refractivity contribution in [1.29, 1.82) is 0 Å². The summed E-state index contributed by atoms with van der Waals surface area (Å²) in [6.45, 7) is 5.62. The number of amides is 2. The van der Waals surface area contributed by atoms with Crippen molar-refractivity contribution in [3.8, 4) is 0 Å². The van der Waals surface area contributed by atoms with Crippen molar-refractivity contribution in [2.75, 3.05) is 13.2 Å². The van der Waals surface area contributed by atoms with Crippen molar-refractivity contribution in [2.24, 2.45) is 51.8 Å². The Morgan fingerprint density at radius 1 is 1.15 bits per heavy atom. The monoisotopic (exact) mass is 497 g/mol. The van der Waals surface area contributed by atoms with Crippen molar-refractivity contribution in [1.82, 2.24) is 4.90 Å². The van der Waals surface area contributed by atoms with E-state index in [4.69, 9.17) is 4.55 Å². The molecule has 1 saturated heterocycles. The van der Waals surface area contributed by atoms with Gasteiger partial charge in [-0.2, -0.15) is 8.42 Å². The van der Waals surface area contributed by atoms with E-state index in [2.05, 4.69) is 18.0 Å². The van der Waals surface area contributed by atoms with E-state index in [0.29, 0.717) is 6.42 Å². The molecule has 5 aliphatic carbocycles. The summed E-state index contributed by atoms with van der Waals surface area (Å²) in [5.41, 5.74) is -1.31. The summed E-state index contributed by atoms with van der Waals surface area (Å²) in [6, 6.07) is 0. The minimum Gasteiger partial charge on any atom is -0.481 e. The summed E-state index contributed by atoms with van der Waals surface area (Å²) >= 11 is 0. The van der Waals surface area contributed by atoms with E-state index >= 15 is 0 Å². The first-order valence-corrected chi connectivity index (χ1v) is 13.8.